The van der Waals surface area contributed by atoms with Crippen molar-refractivity contribution in [3.63, 3.8) is 0 Å². The fourth-order valence-electron chi connectivity index (χ4n) is 3.93. The lowest BCUT2D eigenvalue weighted by molar-refractivity contribution is 0.100. The predicted octanol–water partition coefficient (Wildman–Crippen LogP) is 4.06. The van der Waals surface area contributed by atoms with Gasteiger partial charge in [0.15, 0.2) is 11.5 Å². The maximum Gasteiger partial charge on any atom is 0.251 e. The van der Waals surface area contributed by atoms with Crippen LogP contribution < -0.4 is 15.2 Å². The number of primary amides is 1. The third-order valence-corrected chi connectivity index (χ3v) is 5.29. The minimum absolute atomic E-state index is 0.176. The molecular formula is C24H17N3O3. The zero-order valence-electron chi connectivity index (χ0n) is 16.0. The van der Waals surface area contributed by atoms with Crippen LogP contribution in [-0.2, 0) is 6.54 Å². The second-order valence-electron chi connectivity index (χ2n) is 7.07. The molecule has 4 aromatic rings. The van der Waals surface area contributed by atoms with Gasteiger partial charge in [-0.2, -0.15) is 5.26 Å². The average molecular weight is 395 g/mol. The van der Waals surface area contributed by atoms with E-state index in [4.69, 9.17) is 20.5 Å². The van der Waals surface area contributed by atoms with Crippen molar-refractivity contribution in [2.24, 2.45) is 5.73 Å². The second kappa shape index (κ2) is 6.98. The van der Waals surface area contributed by atoms with Gasteiger partial charge in [-0.05, 0) is 42.0 Å². The molecule has 0 atom stereocenters. The lowest BCUT2D eigenvalue weighted by Gasteiger charge is -2.13. The van der Waals surface area contributed by atoms with Gasteiger partial charge in [-0.15, -0.1) is 0 Å². The summed E-state index contributed by atoms with van der Waals surface area (Å²) < 4.78 is 13.0. The van der Waals surface area contributed by atoms with E-state index in [1.54, 1.807) is 12.1 Å². The Balaban J connectivity index is 1.75. The Hall–Kier alpha value is -4.24. The van der Waals surface area contributed by atoms with E-state index in [9.17, 15) is 4.79 Å². The summed E-state index contributed by atoms with van der Waals surface area (Å²) in [6.07, 6.45) is 0. The maximum absolute atomic E-state index is 12.5. The van der Waals surface area contributed by atoms with Crippen molar-refractivity contribution in [1.82, 2.24) is 4.57 Å². The smallest absolute Gasteiger partial charge is 0.251 e. The number of para-hydroxylation sites is 1. The molecule has 2 N–H and O–H groups in total. The van der Waals surface area contributed by atoms with Crippen LogP contribution in [0.25, 0.3) is 22.2 Å². The van der Waals surface area contributed by atoms with E-state index in [2.05, 4.69) is 10.6 Å². The highest BCUT2D eigenvalue weighted by Gasteiger charge is 2.24. The third-order valence-electron chi connectivity index (χ3n) is 5.29. The largest absolute Gasteiger partial charge is 0.454 e. The summed E-state index contributed by atoms with van der Waals surface area (Å²) in [5.41, 5.74) is 10.4. The second-order valence-corrected chi connectivity index (χ2v) is 7.07. The van der Waals surface area contributed by atoms with Crippen molar-refractivity contribution in [3.8, 4) is 28.8 Å². The van der Waals surface area contributed by atoms with Gasteiger partial charge >= 0.3 is 0 Å². The van der Waals surface area contributed by atoms with Crippen molar-refractivity contribution in [2.75, 3.05) is 6.79 Å². The fourth-order valence-corrected chi connectivity index (χ4v) is 3.93. The number of amides is 1. The zero-order chi connectivity index (χ0) is 20.7. The molecule has 146 valence electrons. The molecule has 0 saturated carbocycles. The summed E-state index contributed by atoms with van der Waals surface area (Å²) in [5.74, 6) is 0.824. The van der Waals surface area contributed by atoms with Crippen LogP contribution in [0.5, 0.6) is 11.5 Å². The molecule has 0 unspecified atom stereocenters. The quantitative estimate of drug-likeness (QED) is 0.564. The minimum Gasteiger partial charge on any atom is -0.454 e. The number of carbonyl (C=O) groups is 1. The topological polar surface area (TPSA) is 90.3 Å². The van der Waals surface area contributed by atoms with Gasteiger partial charge in [0.05, 0.1) is 22.9 Å². The Kier molecular flexibility index (Phi) is 4.15. The van der Waals surface area contributed by atoms with Gasteiger partial charge in [0.25, 0.3) is 5.91 Å². The summed E-state index contributed by atoms with van der Waals surface area (Å²) in [4.78, 5) is 12.5. The van der Waals surface area contributed by atoms with E-state index in [0.717, 1.165) is 27.7 Å². The molecule has 5 rings (SSSR count). The molecule has 0 aliphatic carbocycles. The van der Waals surface area contributed by atoms with Crippen LogP contribution in [0.3, 0.4) is 0 Å². The van der Waals surface area contributed by atoms with Gasteiger partial charge < -0.3 is 19.8 Å². The number of rotatable bonds is 4. The van der Waals surface area contributed by atoms with Crippen molar-refractivity contribution < 1.29 is 14.3 Å². The molecule has 0 bridgehead atoms. The monoisotopic (exact) mass is 395 g/mol. The lowest BCUT2D eigenvalue weighted by Crippen LogP contribution is -2.13. The molecule has 2 heterocycles. The Labute approximate surface area is 172 Å². The number of fused-ring (bicyclic) bond motifs is 2. The molecule has 3 aromatic carbocycles. The summed E-state index contributed by atoms with van der Waals surface area (Å²) in [5, 5.41) is 9.86. The van der Waals surface area contributed by atoms with E-state index in [1.165, 1.54) is 0 Å². The van der Waals surface area contributed by atoms with Gasteiger partial charge in [-0.1, -0.05) is 30.3 Å². The fraction of sp³-hybridized carbons (Fsp3) is 0.0833. The molecule has 0 spiro atoms. The number of hydrogen-bond donors (Lipinski definition) is 1. The first kappa shape index (κ1) is 17.8. The molecule has 1 aliphatic rings. The Bertz CT molecular complexity index is 1330. The van der Waals surface area contributed by atoms with Crippen molar-refractivity contribution >= 4 is 16.8 Å². The number of ether oxygens (including phenoxy) is 2. The van der Waals surface area contributed by atoms with E-state index in [-0.39, 0.29) is 6.79 Å². The average Bonchev–Trinajstić information content (AvgIpc) is 3.36. The number of carbonyl (C=O) groups excluding carboxylic acids is 1. The summed E-state index contributed by atoms with van der Waals surface area (Å²) in [6.45, 7) is 0.693. The van der Waals surface area contributed by atoms with Crippen LogP contribution in [0.15, 0.2) is 66.7 Å². The number of nitrogens with two attached hydrogens (primary N) is 1. The molecule has 0 saturated heterocycles. The summed E-state index contributed by atoms with van der Waals surface area (Å²) >= 11 is 0. The first-order chi connectivity index (χ1) is 14.7. The number of benzene rings is 3. The zero-order valence-corrected chi connectivity index (χ0v) is 16.0. The molecular weight excluding hydrogens is 378 g/mol. The van der Waals surface area contributed by atoms with Crippen LogP contribution in [0, 0.1) is 11.3 Å². The Morgan fingerprint density at radius 1 is 1.03 bits per heavy atom. The van der Waals surface area contributed by atoms with E-state index in [1.807, 2.05) is 54.6 Å². The van der Waals surface area contributed by atoms with Crippen LogP contribution in [0.1, 0.15) is 21.5 Å². The van der Waals surface area contributed by atoms with Gasteiger partial charge in [-0.25, -0.2) is 0 Å². The van der Waals surface area contributed by atoms with Gasteiger partial charge in [-0.3, -0.25) is 4.79 Å². The normalized spacial score (nSPS) is 12.1. The Morgan fingerprint density at radius 3 is 2.57 bits per heavy atom. The van der Waals surface area contributed by atoms with E-state index in [0.29, 0.717) is 29.2 Å². The van der Waals surface area contributed by atoms with Gasteiger partial charge in [0.1, 0.15) is 0 Å². The van der Waals surface area contributed by atoms with Crippen LogP contribution in [0.4, 0.5) is 0 Å². The number of hydrogen-bond acceptors (Lipinski definition) is 4. The molecule has 0 fully saturated rings. The molecule has 1 aromatic heterocycles. The van der Waals surface area contributed by atoms with Crippen LogP contribution in [-0.4, -0.2) is 17.3 Å². The van der Waals surface area contributed by atoms with E-state index >= 15 is 0 Å². The minimum atomic E-state index is -0.488. The molecule has 1 amide bonds. The van der Waals surface area contributed by atoms with E-state index < -0.39 is 5.91 Å². The van der Waals surface area contributed by atoms with Gasteiger partial charge in [0, 0.05) is 23.0 Å². The summed E-state index contributed by atoms with van der Waals surface area (Å²) in [7, 11) is 0. The lowest BCUT2D eigenvalue weighted by atomic mass is 10.0. The summed E-state index contributed by atoms with van der Waals surface area (Å²) in [6, 6.07) is 22.9. The van der Waals surface area contributed by atoms with Crippen molar-refractivity contribution in [3.05, 3.63) is 83.4 Å². The SMILES string of the molecule is N#Cc1ccc(Cn2c(-c3ccc4c(c3)OCO4)c(C(N)=O)c3ccccc32)cc1. The molecule has 6 heteroatoms. The standard InChI is InChI=1S/C24H17N3O3/c25-12-15-5-7-16(8-6-15)13-27-19-4-2-1-3-18(19)22(24(26)28)23(27)17-9-10-20-21(11-17)30-14-29-20/h1-11H,13-14H2,(H2,26,28). The molecule has 30 heavy (non-hydrogen) atoms. The molecule has 6 nitrogen and oxygen atoms in total. The number of aromatic nitrogens is 1. The van der Waals surface area contributed by atoms with Gasteiger partial charge in [0.2, 0.25) is 6.79 Å². The van der Waals surface area contributed by atoms with Crippen molar-refractivity contribution in [2.45, 2.75) is 6.54 Å². The highest BCUT2D eigenvalue weighted by molar-refractivity contribution is 6.12. The number of nitrogens with zero attached hydrogens (tertiary/aromatic N) is 2. The van der Waals surface area contributed by atoms with Crippen LogP contribution in [0.2, 0.25) is 0 Å². The molecule has 0 radical (unpaired) electrons. The third kappa shape index (κ3) is 2.85. The van der Waals surface area contributed by atoms with Crippen molar-refractivity contribution in [1.29, 1.82) is 5.26 Å². The highest BCUT2D eigenvalue weighted by atomic mass is 16.7. The highest BCUT2D eigenvalue weighted by Crippen LogP contribution is 2.40. The first-order valence-electron chi connectivity index (χ1n) is 9.46. The number of nitriles is 1. The molecule has 1 aliphatic heterocycles. The predicted molar refractivity (Wildman–Crippen MR) is 112 cm³/mol. The van der Waals surface area contributed by atoms with Crippen LogP contribution >= 0.6 is 0 Å². The maximum atomic E-state index is 12.5. The Morgan fingerprint density at radius 2 is 1.80 bits per heavy atom. The first-order valence-corrected chi connectivity index (χ1v) is 9.46.